The highest BCUT2D eigenvalue weighted by Crippen LogP contribution is 2.26. The van der Waals surface area contributed by atoms with Crippen LogP contribution in [0.1, 0.15) is 89.6 Å². The normalized spacial score (nSPS) is 15.0. The minimum atomic E-state index is -0.281. The zero-order valence-electron chi connectivity index (χ0n) is 23.7. The molecule has 1 heterocycles. The van der Waals surface area contributed by atoms with Crippen LogP contribution in [0.4, 0.5) is 10.1 Å². The lowest BCUT2D eigenvalue weighted by atomic mass is 9.93. The third-order valence-corrected chi connectivity index (χ3v) is 6.54. The van der Waals surface area contributed by atoms with Crippen molar-refractivity contribution in [1.29, 1.82) is 0 Å². The summed E-state index contributed by atoms with van der Waals surface area (Å²) < 4.78 is 14.4. The molecule has 1 saturated heterocycles. The Balaban J connectivity index is 0.000000695. The molecule has 1 fully saturated rings. The summed E-state index contributed by atoms with van der Waals surface area (Å²) in [6.07, 6.45) is 4.38. The summed E-state index contributed by atoms with van der Waals surface area (Å²) >= 11 is 0. The molecule has 1 aliphatic rings. The van der Waals surface area contributed by atoms with Gasteiger partial charge in [-0.3, -0.25) is 14.4 Å². The second-order valence-corrected chi connectivity index (χ2v) is 9.66. The van der Waals surface area contributed by atoms with Gasteiger partial charge in [-0.25, -0.2) is 4.39 Å². The molecule has 0 saturated carbocycles. The van der Waals surface area contributed by atoms with E-state index in [1.165, 1.54) is 13.0 Å². The van der Waals surface area contributed by atoms with Crippen LogP contribution in [-0.4, -0.2) is 61.8 Å². The fourth-order valence-electron chi connectivity index (χ4n) is 3.66. The Morgan fingerprint density at radius 3 is 2.06 bits per heavy atom. The molecule has 2 atom stereocenters. The number of ketones is 3. The van der Waals surface area contributed by atoms with Crippen LogP contribution in [0.15, 0.2) is 12.1 Å². The summed E-state index contributed by atoms with van der Waals surface area (Å²) in [6.45, 7) is 16.2. The van der Waals surface area contributed by atoms with Crippen molar-refractivity contribution in [2.45, 2.75) is 80.6 Å². The van der Waals surface area contributed by atoms with E-state index < -0.39 is 0 Å². The first-order valence-corrected chi connectivity index (χ1v) is 13.1. The molecule has 0 N–H and O–H groups in total. The Morgan fingerprint density at radius 2 is 1.58 bits per heavy atom. The number of piperazine rings is 1. The maximum Gasteiger partial charge on any atom is 0.166 e. The molecule has 1 aliphatic heterocycles. The van der Waals surface area contributed by atoms with Crippen LogP contribution in [0.3, 0.4) is 0 Å². The van der Waals surface area contributed by atoms with Crippen molar-refractivity contribution >= 4 is 29.3 Å². The zero-order chi connectivity index (χ0) is 27.8. The minimum absolute atomic E-state index is 0.0406. The Labute approximate surface area is 217 Å². The van der Waals surface area contributed by atoms with Gasteiger partial charge in [0, 0.05) is 56.4 Å². The molecule has 36 heavy (non-hydrogen) atoms. The fourth-order valence-corrected chi connectivity index (χ4v) is 3.66. The lowest BCUT2D eigenvalue weighted by Gasteiger charge is -2.34. The number of anilines is 1. The number of Topliss-reactive ketones (excluding diaryl/α,β-unsaturated/α-hetero) is 3. The fraction of sp³-hybridized carbons (Fsp3) is 0.655. The number of nitrogens with zero attached hydrogens (tertiary/aromatic N) is 2. The smallest absolute Gasteiger partial charge is 0.166 e. The number of benzene rings is 1. The quantitative estimate of drug-likeness (QED) is 0.300. The molecule has 1 aromatic carbocycles. The Kier molecular flexibility index (Phi) is 16.7. The third-order valence-electron chi connectivity index (χ3n) is 6.54. The predicted molar refractivity (Wildman–Crippen MR) is 145 cm³/mol. The van der Waals surface area contributed by atoms with Gasteiger partial charge >= 0.3 is 0 Å². The average Bonchev–Trinajstić information content (AvgIpc) is 2.84. The second-order valence-electron chi connectivity index (χ2n) is 9.66. The highest BCUT2D eigenvalue weighted by Gasteiger charge is 2.22. The van der Waals surface area contributed by atoms with E-state index in [1.54, 1.807) is 6.92 Å². The van der Waals surface area contributed by atoms with Crippen LogP contribution in [0, 0.1) is 24.6 Å². The summed E-state index contributed by atoms with van der Waals surface area (Å²) in [4.78, 5) is 47.3. The number of aldehydes is 1. The standard InChI is InChI=1S/C17H25FN2O.C10H18O2.C2H4O/c1-5-12(2)17(21)14-11-15(18)16(10-13(14)3)20-8-6-19(4)7-9-20;1-4-5-10(12)7-6-8(2)9(3)11;1-2-3/h10-12H,5-9H2,1-4H3;8H,4-7H2,1-3H3;2H,1H3. The number of carbonyl (C=O) groups excluding carboxylic acids is 4. The van der Waals surface area contributed by atoms with Crippen LogP contribution < -0.4 is 4.90 Å². The molecule has 0 aliphatic carbocycles. The van der Waals surface area contributed by atoms with Crippen molar-refractivity contribution in [1.82, 2.24) is 4.90 Å². The maximum absolute atomic E-state index is 14.4. The van der Waals surface area contributed by atoms with Gasteiger partial charge in [0.2, 0.25) is 0 Å². The summed E-state index contributed by atoms with van der Waals surface area (Å²) in [5, 5.41) is 0. The van der Waals surface area contributed by atoms with E-state index >= 15 is 0 Å². The zero-order valence-corrected chi connectivity index (χ0v) is 23.7. The average molecular weight is 507 g/mol. The van der Waals surface area contributed by atoms with E-state index in [4.69, 9.17) is 4.79 Å². The molecule has 1 aromatic rings. The third kappa shape index (κ3) is 12.0. The monoisotopic (exact) mass is 506 g/mol. The Morgan fingerprint density at radius 1 is 1.03 bits per heavy atom. The molecule has 0 amide bonds. The molecular formula is C29H47FN2O4. The van der Waals surface area contributed by atoms with Gasteiger partial charge < -0.3 is 14.6 Å². The lowest BCUT2D eigenvalue weighted by Crippen LogP contribution is -2.44. The molecule has 2 rings (SSSR count). The number of aryl methyl sites for hydroxylation is 1. The van der Waals surface area contributed by atoms with Crippen molar-refractivity contribution in [2.24, 2.45) is 11.8 Å². The number of hydrogen-bond donors (Lipinski definition) is 0. The number of hydrogen-bond acceptors (Lipinski definition) is 6. The largest absolute Gasteiger partial charge is 0.367 e. The van der Waals surface area contributed by atoms with Crippen molar-refractivity contribution in [2.75, 3.05) is 38.1 Å². The van der Waals surface area contributed by atoms with Gasteiger partial charge in [-0.15, -0.1) is 0 Å². The molecule has 7 heteroatoms. The number of halogens is 1. The summed E-state index contributed by atoms with van der Waals surface area (Å²) in [5.41, 5.74) is 2.02. The van der Waals surface area contributed by atoms with Gasteiger partial charge in [0.25, 0.3) is 0 Å². The highest BCUT2D eigenvalue weighted by molar-refractivity contribution is 5.99. The first-order valence-electron chi connectivity index (χ1n) is 13.1. The van der Waals surface area contributed by atoms with Crippen molar-refractivity contribution < 1.29 is 23.6 Å². The van der Waals surface area contributed by atoms with Gasteiger partial charge in [-0.1, -0.05) is 27.7 Å². The molecule has 0 bridgehead atoms. The SMILES string of the molecule is CC=O.CCC(C)C(=O)c1cc(F)c(N2CCN(C)CC2)cc1C.CCCC(=O)CCC(C)C(C)=O. The molecule has 0 spiro atoms. The first-order chi connectivity index (χ1) is 16.9. The first kappa shape index (κ1) is 33.6. The van der Waals surface area contributed by atoms with Crippen molar-refractivity contribution in [3.05, 3.63) is 29.1 Å². The van der Waals surface area contributed by atoms with Crippen molar-refractivity contribution in [3.63, 3.8) is 0 Å². The van der Waals surface area contributed by atoms with Gasteiger partial charge in [-0.05, 0) is 64.8 Å². The van der Waals surface area contributed by atoms with Crippen molar-refractivity contribution in [3.8, 4) is 0 Å². The molecule has 6 nitrogen and oxygen atoms in total. The summed E-state index contributed by atoms with van der Waals surface area (Å²) in [7, 11) is 2.08. The van der Waals surface area contributed by atoms with E-state index in [2.05, 4.69) is 16.8 Å². The van der Waals surface area contributed by atoms with Gasteiger partial charge in [0.15, 0.2) is 5.78 Å². The molecule has 0 aromatic heterocycles. The maximum atomic E-state index is 14.4. The number of rotatable bonds is 10. The van der Waals surface area contributed by atoms with Gasteiger partial charge in [0.1, 0.15) is 23.7 Å². The van der Waals surface area contributed by atoms with Crippen LogP contribution in [0.5, 0.6) is 0 Å². The lowest BCUT2D eigenvalue weighted by molar-refractivity contribution is -0.121. The van der Waals surface area contributed by atoms with E-state index in [0.717, 1.165) is 50.9 Å². The minimum Gasteiger partial charge on any atom is -0.367 e. The second kappa shape index (κ2) is 17.9. The Hall–Kier alpha value is -2.41. The van der Waals surface area contributed by atoms with Crippen LogP contribution in [0.25, 0.3) is 0 Å². The van der Waals surface area contributed by atoms with E-state index in [0.29, 0.717) is 30.5 Å². The number of likely N-dealkylation sites (N-methyl/N-ethyl adjacent to an activating group) is 1. The molecule has 0 radical (unpaired) electrons. The van der Waals surface area contributed by atoms with Gasteiger partial charge in [-0.2, -0.15) is 0 Å². The highest BCUT2D eigenvalue weighted by atomic mass is 19.1. The predicted octanol–water partition coefficient (Wildman–Crippen LogP) is 5.68. The summed E-state index contributed by atoms with van der Waals surface area (Å²) in [5.74, 6) is 0.212. The van der Waals surface area contributed by atoms with E-state index in [9.17, 15) is 18.8 Å². The van der Waals surface area contributed by atoms with E-state index in [1.807, 2.05) is 40.7 Å². The summed E-state index contributed by atoms with van der Waals surface area (Å²) in [6, 6.07) is 3.26. The van der Waals surface area contributed by atoms with Crippen LogP contribution >= 0.6 is 0 Å². The molecule has 204 valence electrons. The molecular weight excluding hydrogens is 459 g/mol. The van der Waals surface area contributed by atoms with Gasteiger partial charge in [0.05, 0.1) is 5.69 Å². The Bertz CT molecular complexity index is 848. The molecule has 2 unspecified atom stereocenters. The topological polar surface area (TPSA) is 74.8 Å². The number of carbonyl (C=O) groups is 4. The van der Waals surface area contributed by atoms with Crippen LogP contribution in [0.2, 0.25) is 0 Å². The van der Waals surface area contributed by atoms with E-state index in [-0.39, 0.29) is 35.0 Å². The van der Waals surface area contributed by atoms with Crippen LogP contribution in [-0.2, 0) is 14.4 Å².